The molecule has 0 saturated heterocycles. The van der Waals surface area contributed by atoms with Gasteiger partial charge in [-0.05, 0) is 24.3 Å². The Kier molecular flexibility index (Phi) is 4.87. The molecule has 0 saturated carbocycles. The van der Waals surface area contributed by atoms with Gasteiger partial charge in [-0.2, -0.15) is 0 Å². The molecule has 2 rings (SSSR count). The first-order chi connectivity index (χ1) is 10.3. The van der Waals surface area contributed by atoms with E-state index in [-0.39, 0.29) is 23.0 Å². The van der Waals surface area contributed by atoms with Crippen molar-refractivity contribution >= 4 is 21.6 Å². The maximum absolute atomic E-state index is 12.1. The molecule has 0 aliphatic heterocycles. The molecule has 0 aliphatic rings. The summed E-state index contributed by atoms with van der Waals surface area (Å²) in [4.78, 5) is 11.4. The van der Waals surface area contributed by atoms with Gasteiger partial charge in [0.2, 0.25) is 21.2 Å². The van der Waals surface area contributed by atoms with Crippen molar-refractivity contribution in [2.24, 2.45) is 0 Å². The minimum atomic E-state index is -3.81. The van der Waals surface area contributed by atoms with E-state index in [4.69, 9.17) is 21.1 Å². The predicted octanol–water partition coefficient (Wildman–Crippen LogP) is 0.970. The molecule has 2 aromatic rings. The third-order valence-corrected chi connectivity index (χ3v) is 4.42. The molecule has 1 aromatic heterocycles. The summed E-state index contributed by atoms with van der Waals surface area (Å²) < 4.78 is 31.4. The van der Waals surface area contributed by atoms with Crippen LogP contribution >= 0.6 is 11.6 Å². The van der Waals surface area contributed by atoms with E-state index in [0.717, 1.165) is 6.07 Å². The van der Waals surface area contributed by atoms with E-state index in [1.54, 1.807) is 0 Å². The van der Waals surface area contributed by atoms with Crippen molar-refractivity contribution in [2.45, 2.75) is 18.0 Å². The van der Waals surface area contributed by atoms with Crippen LogP contribution in [-0.2, 0) is 23.2 Å². The van der Waals surface area contributed by atoms with E-state index in [1.807, 2.05) is 0 Å². The Hall–Kier alpha value is -1.87. The lowest BCUT2D eigenvalue weighted by molar-refractivity contribution is 0.227. The summed E-state index contributed by atoms with van der Waals surface area (Å²) in [6, 6.07) is 6.47. The molecule has 3 N–H and O–H groups in total. The monoisotopic (exact) mass is 345 g/mol. The van der Waals surface area contributed by atoms with Gasteiger partial charge in [0.25, 0.3) is 0 Å². The summed E-state index contributed by atoms with van der Waals surface area (Å²) in [5.74, 6) is -1.07. The number of halogens is 1. The number of hydrogen-bond acceptors (Lipinski definition) is 6. The maximum Gasteiger partial charge on any atom is 0.240 e. The highest BCUT2D eigenvalue weighted by Crippen LogP contribution is 2.16. The first-order valence-electron chi connectivity index (χ1n) is 6.04. The molecule has 0 aliphatic carbocycles. The summed E-state index contributed by atoms with van der Waals surface area (Å²) in [6.07, 6.45) is 0. The van der Waals surface area contributed by atoms with Crippen LogP contribution in [0, 0.1) is 0 Å². The van der Waals surface area contributed by atoms with Crippen LogP contribution in [0.3, 0.4) is 0 Å². The Balaban J connectivity index is 2.21. The molecule has 1 aromatic carbocycles. The third kappa shape index (κ3) is 3.66. The van der Waals surface area contributed by atoms with Crippen LogP contribution in [0.1, 0.15) is 11.5 Å². The predicted molar refractivity (Wildman–Crippen MR) is 78.0 cm³/mol. The zero-order chi connectivity index (χ0) is 16.3. The molecule has 0 spiro atoms. The van der Waals surface area contributed by atoms with Gasteiger partial charge in [-0.15, -0.1) is 0 Å². The molecular formula is C13H12ClNO6S. The molecule has 0 amide bonds. The van der Waals surface area contributed by atoms with Crippen molar-refractivity contribution < 1.29 is 23.0 Å². The first kappa shape index (κ1) is 16.5. The van der Waals surface area contributed by atoms with Crippen molar-refractivity contribution in [3.63, 3.8) is 0 Å². The van der Waals surface area contributed by atoms with E-state index in [9.17, 15) is 18.3 Å². The average Bonchev–Trinajstić information content (AvgIpc) is 2.49. The quantitative estimate of drug-likeness (QED) is 0.743. The van der Waals surface area contributed by atoms with E-state index in [1.165, 1.54) is 24.3 Å². The van der Waals surface area contributed by atoms with Gasteiger partial charge >= 0.3 is 0 Å². The average molecular weight is 346 g/mol. The maximum atomic E-state index is 12.1. The Morgan fingerprint density at radius 2 is 1.86 bits per heavy atom. The molecule has 9 heteroatoms. The van der Waals surface area contributed by atoms with Crippen LogP contribution in [0.5, 0.6) is 5.75 Å². The highest BCUT2D eigenvalue weighted by molar-refractivity contribution is 7.89. The second kappa shape index (κ2) is 6.49. The fraction of sp³-hybridized carbons (Fsp3) is 0.154. The minimum Gasteiger partial charge on any atom is -0.502 e. The Labute approximate surface area is 130 Å². The molecule has 118 valence electrons. The van der Waals surface area contributed by atoms with Crippen LogP contribution in [0.15, 0.2) is 44.4 Å². The van der Waals surface area contributed by atoms with Crippen LogP contribution in [0.2, 0.25) is 5.02 Å². The number of aliphatic hydroxyl groups excluding tert-OH is 1. The van der Waals surface area contributed by atoms with Crippen LogP contribution < -0.4 is 10.2 Å². The molecule has 0 atom stereocenters. The summed E-state index contributed by atoms with van der Waals surface area (Å²) in [5.41, 5.74) is -0.768. The van der Waals surface area contributed by atoms with Crippen molar-refractivity contribution in [1.82, 2.24) is 4.72 Å². The standard InChI is InChI=1S/C13H12ClNO6S/c14-8-1-3-10(4-2-8)22(19,20)15-6-9-5-11(17)13(18)12(7-16)21-9/h1-5,15-16,18H,6-7H2. The fourth-order valence-electron chi connectivity index (χ4n) is 1.65. The van der Waals surface area contributed by atoms with Gasteiger partial charge in [0, 0.05) is 11.1 Å². The zero-order valence-electron chi connectivity index (χ0n) is 11.1. The Bertz CT molecular complexity index is 829. The van der Waals surface area contributed by atoms with Crippen molar-refractivity contribution in [3.8, 4) is 5.75 Å². The highest BCUT2D eigenvalue weighted by atomic mass is 35.5. The molecule has 0 unspecified atom stereocenters. The minimum absolute atomic E-state index is 0.000377. The van der Waals surface area contributed by atoms with Gasteiger partial charge < -0.3 is 14.6 Å². The molecule has 7 nitrogen and oxygen atoms in total. The van der Waals surface area contributed by atoms with Crippen LogP contribution in [0.4, 0.5) is 0 Å². The number of sulfonamides is 1. The number of benzene rings is 1. The molecule has 1 heterocycles. The van der Waals surface area contributed by atoms with E-state index >= 15 is 0 Å². The molecule has 22 heavy (non-hydrogen) atoms. The second-order valence-corrected chi connectivity index (χ2v) is 6.49. The van der Waals surface area contributed by atoms with Crippen molar-refractivity contribution in [3.05, 3.63) is 57.1 Å². The van der Waals surface area contributed by atoms with Gasteiger partial charge in [0.1, 0.15) is 12.4 Å². The number of aliphatic hydroxyl groups is 1. The van der Waals surface area contributed by atoms with E-state index in [2.05, 4.69) is 4.72 Å². The SMILES string of the molecule is O=c1cc(CNS(=O)(=O)c2ccc(Cl)cc2)oc(CO)c1O. The zero-order valence-corrected chi connectivity index (χ0v) is 12.7. The van der Waals surface area contributed by atoms with Gasteiger partial charge in [0.05, 0.1) is 11.4 Å². The van der Waals surface area contributed by atoms with E-state index in [0.29, 0.717) is 5.02 Å². The van der Waals surface area contributed by atoms with Gasteiger partial charge in [-0.25, -0.2) is 13.1 Å². The van der Waals surface area contributed by atoms with Crippen LogP contribution in [0.25, 0.3) is 0 Å². The summed E-state index contributed by atoms with van der Waals surface area (Å²) in [6.45, 7) is -0.994. The normalized spacial score (nSPS) is 11.5. The second-order valence-electron chi connectivity index (χ2n) is 4.29. The molecule has 0 radical (unpaired) electrons. The lowest BCUT2D eigenvalue weighted by Crippen LogP contribution is -2.24. The fourth-order valence-corrected chi connectivity index (χ4v) is 2.76. The highest BCUT2D eigenvalue weighted by Gasteiger charge is 2.16. The smallest absolute Gasteiger partial charge is 0.240 e. The Morgan fingerprint density at radius 3 is 2.45 bits per heavy atom. The summed E-state index contributed by atoms with van der Waals surface area (Å²) >= 11 is 5.69. The van der Waals surface area contributed by atoms with Gasteiger partial charge in [0.15, 0.2) is 5.76 Å². The lowest BCUT2D eigenvalue weighted by Gasteiger charge is -2.08. The largest absolute Gasteiger partial charge is 0.502 e. The number of hydrogen-bond donors (Lipinski definition) is 3. The molecule has 0 bridgehead atoms. The van der Waals surface area contributed by atoms with Crippen LogP contribution in [-0.4, -0.2) is 18.6 Å². The summed E-state index contributed by atoms with van der Waals surface area (Å²) in [7, 11) is -3.81. The van der Waals surface area contributed by atoms with E-state index < -0.39 is 27.8 Å². The summed E-state index contributed by atoms with van der Waals surface area (Å²) in [5, 5.41) is 18.7. The number of rotatable bonds is 5. The molecular weight excluding hydrogens is 334 g/mol. The van der Waals surface area contributed by atoms with Gasteiger partial charge in [-0.1, -0.05) is 11.6 Å². The topological polar surface area (TPSA) is 117 Å². The number of aromatic hydroxyl groups is 1. The first-order valence-corrected chi connectivity index (χ1v) is 7.90. The molecule has 0 fully saturated rings. The third-order valence-electron chi connectivity index (χ3n) is 2.75. The van der Waals surface area contributed by atoms with Crippen molar-refractivity contribution in [2.75, 3.05) is 0 Å². The van der Waals surface area contributed by atoms with Gasteiger partial charge in [-0.3, -0.25) is 4.79 Å². The lowest BCUT2D eigenvalue weighted by atomic mass is 10.3. The Morgan fingerprint density at radius 1 is 1.23 bits per heavy atom. The van der Waals surface area contributed by atoms with Crippen molar-refractivity contribution in [1.29, 1.82) is 0 Å². The number of nitrogens with one attached hydrogen (secondary N) is 1.